The van der Waals surface area contributed by atoms with Gasteiger partial charge in [-0.1, -0.05) is 25.0 Å². The van der Waals surface area contributed by atoms with Gasteiger partial charge in [0.05, 0.1) is 24.1 Å². The zero-order valence-corrected chi connectivity index (χ0v) is 13.8. The third-order valence-corrected chi connectivity index (χ3v) is 4.70. The summed E-state index contributed by atoms with van der Waals surface area (Å²) >= 11 is 0. The Balaban J connectivity index is 1.67. The molecule has 2 aliphatic rings. The number of hydrogen-bond donors (Lipinski definition) is 1. The van der Waals surface area contributed by atoms with E-state index >= 15 is 0 Å². The zero-order valence-electron chi connectivity index (χ0n) is 13.8. The summed E-state index contributed by atoms with van der Waals surface area (Å²) in [5, 5.41) is 2.73. The van der Waals surface area contributed by atoms with E-state index in [1.165, 1.54) is 0 Å². The smallest absolute Gasteiger partial charge is 0.244 e. The Morgan fingerprint density at radius 2 is 1.79 bits per heavy atom. The van der Waals surface area contributed by atoms with Crippen molar-refractivity contribution < 1.29 is 19.1 Å². The van der Waals surface area contributed by atoms with Crippen LogP contribution in [0.3, 0.4) is 0 Å². The standard InChI is InChI=1S/C18H22N2O4/c1-2-24-15-10-6-5-9-14(15)19-16(21)11-20-17(22)12-7-3-4-8-13(12)18(20)23/h5-6,9-10,12-13H,2-4,7-8,11H2,1H3,(H,19,21)/t12-,13+. The Hall–Kier alpha value is -2.37. The molecule has 6 heteroatoms. The summed E-state index contributed by atoms with van der Waals surface area (Å²) in [6, 6.07) is 7.10. The van der Waals surface area contributed by atoms with Crippen molar-refractivity contribution in [1.82, 2.24) is 4.90 Å². The molecule has 6 nitrogen and oxygen atoms in total. The van der Waals surface area contributed by atoms with Crippen LogP contribution in [0, 0.1) is 11.8 Å². The Bertz CT molecular complexity index is 634. The first kappa shape index (κ1) is 16.5. The Morgan fingerprint density at radius 3 is 2.42 bits per heavy atom. The monoisotopic (exact) mass is 330 g/mol. The molecular weight excluding hydrogens is 308 g/mol. The minimum absolute atomic E-state index is 0.196. The number of rotatable bonds is 5. The number of para-hydroxylation sites is 2. The van der Waals surface area contributed by atoms with Crippen LogP contribution in [0.4, 0.5) is 5.69 Å². The molecule has 1 saturated carbocycles. The molecule has 1 aliphatic heterocycles. The van der Waals surface area contributed by atoms with Crippen molar-refractivity contribution in [3.8, 4) is 5.75 Å². The summed E-state index contributed by atoms with van der Waals surface area (Å²) in [5.74, 6) is -0.663. The molecule has 1 aromatic rings. The van der Waals surface area contributed by atoms with Gasteiger partial charge in [0, 0.05) is 0 Å². The zero-order chi connectivity index (χ0) is 17.1. The maximum atomic E-state index is 12.4. The summed E-state index contributed by atoms with van der Waals surface area (Å²) < 4.78 is 5.47. The maximum absolute atomic E-state index is 12.4. The first-order chi connectivity index (χ1) is 11.6. The molecular formula is C18H22N2O4. The summed E-state index contributed by atoms with van der Waals surface area (Å²) in [6.45, 7) is 2.12. The number of nitrogens with zero attached hydrogens (tertiary/aromatic N) is 1. The summed E-state index contributed by atoms with van der Waals surface area (Å²) in [5.41, 5.74) is 0.542. The van der Waals surface area contributed by atoms with Crippen LogP contribution in [0.2, 0.25) is 0 Å². The van der Waals surface area contributed by atoms with E-state index in [4.69, 9.17) is 4.74 Å². The lowest BCUT2D eigenvalue weighted by atomic mass is 9.81. The van der Waals surface area contributed by atoms with E-state index in [0.717, 1.165) is 30.6 Å². The predicted molar refractivity (Wildman–Crippen MR) is 88.4 cm³/mol. The largest absolute Gasteiger partial charge is 0.492 e. The first-order valence-corrected chi connectivity index (χ1v) is 8.48. The molecule has 24 heavy (non-hydrogen) atoms. The molecule has 3 rings (SSSR count). The fourth-order valence-corrected chi connectivity index (χ4v) is 3.57. The van der Waals surface area contributed by atoms with Gasteiger partial charge in [0.2, 0.25) is 17.7 Å². The van der Waals surface area contributed by atoms with E-state index in [-0.39, 0.29) is 36.1 Å². The fraction of sp³-hybridized carbons (Fsp3) is 0.500. The Morgan fingerprint density at radius 1 is 1.17 bits per heavy atom. The van der Waals surface area contributed by atoms with Gasteiger partial charge in [0.15, 0.2) is 0 Å². The number of likely N-dealkylation sites (tertiary alicyclic amines) is 1. The molecule has 0 radical (unpaired) electrons. The lowest BCUT2D eigenvalue weighted by Gasteiger charge is -2.19. The number of nitrogens with one attached hydrogen (secondary N) is 1. The van der Waals surface area contributed by atoms with Gasteiger partial charge >= 0.3 is 0 Å². The summed E-state index contributed by atoms with van der Waals surface area (Å²) in [6.07, 6.45) is 3.45. The van der Waals surface area contributed by atoms with Crippen LogP contribution < -0.4 is 10.1 Å². The van der Waals surface area contributed by atoms with Crippen LogP contribution in [0.5, 0.6) is 5.75 Å². The number of anilines is 1. The second-order valence-electron chi connectivity index (χ2n) is 6.24. The highest BCUT2D eigenvalue weighted by molar-refractivity contribution is 6.08. The molecule has 1 aromatic carbocycles. The van der Waals surface area contributed by atoms with Crippen LogP contribution in [0.15, 0.2) is 24.3 Å². The number of carbonyl (C=O) groups is 3. The predicted octanol–water partition coefficient (Wildman–Crippen LogP) is 2.20. The van der Waals surface area contributed by atoms with Crippen molar-refractivity contribution >= 4 is 23.4 Å². The number of amides is 3. The van der Waals surface area contributed by atoms with Crippen molar-refractivity contribution in [2.75, 3.05) is 18.5 Å². The van der Waals surface area contributed by atoms with Crippen LogP contribution in [-0.4, -0.2) is 35.8 Å². The molecule has 2 atom stereocenters. The third kappa shape index (κ3) is 3.13. The fourth-order valence-electron chi connectivity index (χ4n) is 3.57. The van der Waals surface area contributed by atoms with Gasteiger partial charge in [-0.3, -0.25) is 19.3 Å². The maximum Gasteiger partial charge on any atom is 0.244 e. The molecule has 0 aromatic heterocycles. The number of carbonyl (C=O) groups excluding carboxylic acids is 3. The van der Waals surface area contributed by atoms with Crippen molar-refractivity contribution in [3.05, 3.63) is 24.3 Å². The molecule has 1 heterocycles. The Labute approximate surface area is 141 Å². The first-order valence-electron chi connectivity index (χ1n) is 8.48. The van der Waals surface area contributed by atoms with Gasteiger partial charge in [-0.25, -0.2) is 0 Å². The molecule has 128 valence electrons. The molecule has 1 aliphatic carbocycles. The third-order valence-electron chi connectivity index (χ3n) is 4.70. The molecule has 0 unspecified atom stereocenters. The van der Waals surface area contributed by atoms with Crippen LogP contribution >= 0.6 is 0 Å². The summed E-state index contributed by atoms with van der Waals surface area (Å²) in [4.78, 5) is 38.2. The SMILES string of the molecule is CCOc1ccccc1NC(=O)CN1C(=O)[C@H]2CCCC[C@H]2C1=O. The lowest BCUT2D eigenvalue weighted by molar-refractivity contribution is -0.142. The Kier molecular flexibility index (Phi) is 4.83. The number of imide groups is 1. The van der Waals surface area contributed by atoms with Crippen molar-refractivity contribution in [2.24, 2.45) is 11.8 Å². The quantitative estimate of drug-likeness (QED) is 0.840. The van der Waals surface area contributed by atoms with Crippen molar-refractivity contribution in [2.45, 2.75) is 32.6 Å². The normalized spacial score (nSPS) is 23.1. The molecule has 0 spiro atoms. The molecule has 1 saturated heterocycles. The van der Waals surface area contributed by atoms with E-state index < -0.39 is 0 Å². The molecule has 3 amide bonds. The van der Waals surface area contributed by atoms with Gasteiger partial charge in [-0.2, -0.15) is 0 Å². The van der Waals surface area contributed by atoms with Crippen molar-refractivity contribution in [3.63, 3.8) is 0 Å². The van der Waals surface area contributed by atoms with Gasteiger partial charge in [-0.15, -0.1) is 0 Å². The van der Waals surface area contributed by atoms with Crippen LogP contribution in [0.1, 0.15) is 32.6 Å². The van der Waals surface area contributed by atoms with E-state index in [1.807, 2.05) is 13.0 Å². The van der Waals surface area contributed by atoms with E-state index in [2.05, 4.69) is 5.32 Å². The van der Waals surface area contributed by atoms with Gasteiger partial charge < -0.3 is 10.1 Å². The van der Waals surface area contributed by atoms with Crippen LogP contribution in [-0.2, 0) is 14.4 Å². The lowest BCUT2D eigenvalue weighted by Crippen LogP contribution is -2.38. The van der Waals surface area contributed by atoms with Gasteiger partial charge in [-0.05, 0) is 31.9 Å². The second-order valence-corrected chi connectivity index (χ2v) is 6.24. The van der Waals surface area contributed by atoms with Crippen LogP contribution in [0.25, 0.3) is 0 Å². The summed E-state index contributed by atoms with van der Waals surface area (Å²) in [7, 11) is 0. The van der Waals surface area contributed by atoms with E-state index in [0.29, 0.717) is 18.0 Å². The number of hydrogen-bond acceptors (Lipinski definition) is 4. The van der Waals surface area contributed by atoms with Gasteiger partial charge in [0.1, 0.15) is 12.3 Å². The minimum Gasteiger partial charge on any atom is -0.492 e. The molecule has 0 bridgehead atoms. The van der Waals surface area contributed by atoms with E-state index in [9.17, 15) is 14.4 Å². The van der Waals surface area contributed by atoms with Crippen molar-refractivity contribution in [1.29, 1.82) is 0 Å². The second kappa shape index (κ2) is 7.03. The molecule has 1 N–H and O–H groups in total. The minimum atomic E-state index is -0.387. The number of fused-ring (bicyclic) bond motifs is 1. The number of ether oxygens (including phenoxy) is 1. The average Bonchev–Trinajstić information content (AvgIpc) is 2.82. The topological polar surface area (TPSA) is 75.7 Å². The highest BCUT2D eigenvalue weighted by Crippen LogP contribution is 2.37. The highest BCUT2D eigenvalue weighted by Gasteiger charge is 2.48. The highest BCUT2D eigenvalue weighted by atomic mass is 16.5. The van der Waals surface area contributed by atoms with E-state index in [1.54, 1.807) is 18.2 Å². The van der Waals surface area contributed by atoms with Gasteiger partial charge in [0.25, 0.3) is 0 Å². The molecule has 2 fully saturated rings. The number of benzene rings is 1. The average molecular weight is 330 g/mol.